The zero-order valence-corrected chi connectivity index (χ0v) is 28.6. The van der Waals surface area contributed by atoms with Gasteiger partial charge in [-0.2, -0.15) is 4.58 Å². The number of halogens is 1. The number of ketones is 1. The van der Waals surface area contributed by atoms with Crippen LogP contribution in [-0.4, -0.2) is 67.3 Å². The predicted molar refractivity (Wildman–Crippen MR) is 180 cm³/mol. The van der Waals surface area contributed by atoms with E-state index in [9.17, 15) is 14.7 Å². The Morgan fingerprint density at radius 2 is 1.78 bits per heavy atom. The number of esters is 1. The molecule has 2 aromatic rings. The second kappa shape index (κ2) is 12.7. The van der Waals surface area contributed by atoms with Crippen LogP contribution in [0.15, 0.2) is 75.6 Å². The van der Waals surface area contributed by atoms with E-state index < -0.39 is 10.8 Å². The molecule has 1 N–H and O–H groups in total. The molecule has 2 heterocycles. The molecular formula is C35H40BBrN2O6+. The number of carbonyl (C=O) groups excluding carboxylic acids is 2. The van der Waals surface area contributed by atoms with Crippen molar-refractivity contribution in [2.45, 2.75) is 59.2 Å². The molecule has 0 aromatic heterocycles. The number of anilines is 1. The third kappa shape index (κ3) is 5.84. The lowest BCUT2D eigenvalue weighted by Crippen LogP contribution is -2.33. The minimum Gasteiger partial charge on any atom is -0.506 e. The highest BCUT2D eigenvalue weighted by atomic mass is 79.9. The third-order valence-corrected chi connectivity index (χ3v) is 9.35. The van der Waals surface area contributed by atoms with Gasteiger partial charge in [0.15, 0.2) is 5.71 Å². The Morgan fingerprint density at radius 3 is 2.44 bits per heavy atom. The number of carbonyl (C=O) groups is 2. The van der Waals surface area contributed by atoms with Crippen molar-refractivity contribution < 1.29 is 33.8 Å². The number of aliphatic hydroxyl groups excluding tert-OH is 1. The molecule has 1 aliphatic carbocycles. The molecule has 0 unspecified atom stereocenters. The molecule has 2 aromatic carbocycles. The van der Waals surface area contributed by atoms with Gasteiger partial charge in [-0.1, -0.05) is 54.2 Å². The monoisotopic (exact) mass is 674 g/mol. The fraction of sp³-hybridized carbons (Fsp3) is 0.400. The zero-order chi connectivity index (χ0) is 32.7. The number of hydrogen-bond donors (Lipinski definition) is 1. The Hall–Kier alpha value is -3.47. The maximum absolute atomic E-state index is 13.8. The summed E-state index contributed by atoms with van der Waals surface area (Å²) in [6.07, 6.45) is 3.52. The minimum atomic E-state index is -0.539. The van der Waals surface area contributed by atoms with Gasteiger partial charge in [-0.25, -0.2) is 14.6 Å². The summed E-state index contributed by atoms with van der Waals surface area (Å²) in [6, 6.07) is 12.2. The van der Waals surface area contributed by atoms with Crippen LogP contribution in [0.2, 0.25) is 6.82 Å². The van der Waals surface area contributed by atoms with E-state index in [-0.39, 0.29) is 41.8 Å². The van der Waals surface area contributed by atoms with E-state index in [4.69, 9.17) is 14.5 Å². The molecule has 0 atom stereocenters. The maximum Gasteiger partial charge on any atom is 0.372 e. The summed E-state index contributed by atoms with van der Waals surface area (Å²) >= 11 is 3.60. The van der Waals surface area contributed by atoms with Crippen LogP contribution in [0, 0.1) is 0 Å². The summed E-state index contributed by atoms with van der Waals surface area (Å²) in [5.74, 6) is -0.684. The molecule has 0 saturated carbocycles. The average Bonchev–Trinajstić information content (AvgIpc) is 3.34. The van der Waals surface area contributed by atoms with E-state index in [1.54, 1.807) is 19.1 Å². The highest BCUT2D eigenvalue weighted by molar-refractivity contribution is 9.10. The van der Waals surface area contributed by atoms with Gasteiger partial charge in [0, 0.05) is 45.5 Å². The number of hydrogen-bond acceptors (Lipinski definition) is 7. The lowest BCUT2D eigenvalue weighted by Gasteiger charge is -2.29. The Balaban J connectivity index is 1.57. The molecule has 10 heteroatoms. The molecular weight excluding hydrogens is 635 g/mol. The first kappa shape index (κ1) is 32.9. The van der Waals surface area contributed by atoms with Gasteiger partial charge < -0.3 is 14.7 Å². The number of rotatable bonds is 11. The van der Waals surface area contributed by atoms with Gasteiger partial charge >= 0.3 is 5.97 Å². The van der Waals surface area contributed by atoms with Gasteiger partial charge in [0.2, 0.25) is 18.0 Å². The molecule has 1 radical (unpaired) electrons. The largest absolute Gasteiger partial charge is 0.506 e. The highest BCUT2D eigenvalue weighted by Gasteiger charge is 2.48. The van der Waals surface area contributed by atoms with Crippen molar-refractivity contribution in [2.75, 3.05) is 37.8 Å². The van der Waals surface area contributed by atoms with Crippen molar-refractivity contribution in [1.29, 1.82) is 0 Å². The van der Waals surface area contributed by atoms with Gasteiger partial charge in [0.05, 0.1) is 29.8 Å². The van der Waals surface area contributed by atoms with Crippen molar-refractivity contribution >= 4 is 57.5 Å². The molecule has 5 rings (SSSR count). The summed E-state index contributed by atoms with van der Waals surface area (Å²) in [4.78, 5) is 39.0. The van der Waals surface area contributed by atoms with Crippen molar-refractivity contribution in [3.8, 4) is 0 Å². The third-order valence-electron chi connectivity index (χ3n) is 8.86. The number of ether oxygens (including phenoxy) is 1. The molecule has 45 heavy (non-hydrogen) atoms. The number of Topliss-reactive ketones (excluding diaryl/α,β-unsaturated/α-hetero) is 1. The van der Waals surface area contributed by atoms with Gasteiger partial charge in [0.1, 0.15) is 19.6 Å². The molecule has 8 nitrogen and oxygen atoms in total. The molecule has 3 aliphatic rings. The van der Waals surface area contributed by atoms with Crippen molar-refractivity contribution in [3.05, 3.63) is 86.8 Å². The smallest absolute Gasteiger partial charge is 0.372 e. The first-order valence-corrected chi connectivity index (χ1v) is 16.1. The van der Waals surface area contributed by atoms with Crippen LogP contribution in [0.1, 0.15) is 52.7 Å². The van der Waals surface area contributed by atoms with Crippen LogP contribution in [0.4, 0.5) is 11.4 Å². The average molecular weight is 675 g/mol. The van der Waals surface area contributed by atoms with E-state index >= 15 is 0 Å². The van der Waals surface area contributed by atoms with Crippen LogP contribution in [0.3, 0.4) is 0 Å². The summed E-state index contributed by atoms with van der Waals surface area (Å²) in [7, 11) is 2.03. The lowest BCUT2D eigenvalue weighted by atomic mass is 9.70. The fourth-order valence-corrected chi connectivity index (χ4v) is 6.80. The fourth-order valence-electron chi connectivity index (χ4n) is 6.44. The van der Waals surface area contributed by atoms with Crippen molar-refractivity contribution in [1.82, 2.24) is 0 Å². The van der Waals surface area contributed by atoms with E-state index in [0.29, 0.717) is 19.8 Å². The van der Waals surface area contributed by atoms with E-state index in [0.717, 1.165) is 43.8 Å². The Labute approximate surface area is 274 Å². The zero-order valence-electron chi connectivity index (χ0n) is 27.0. The Bertz CT molecular complexity index is 1690. The summed E-state index contributed by atoms with van der Waals surface area (Å²) < 4.78 is 8.14. The van der Waals surface area contributed by atoms with Crippen molar-refractivity contribution in [2.24, 2.45) is 0 Å². The van der Waals surface area contributed by atoms with Crippen LogP contribution < -0.4 is 10.4 Å². The number of allylic oxidation sites excluding steroid dienone is 5. The molecule has 0 amide bonds. The molecule has 0 saturated heterocycles. The van der Waals surface area contributed by atoms with Crippen LogP contribution in [0.5, 0.6) is 0 Å². The quantitative estimate of drug-likeness (QED) is 0.0619. The summed E-state index contributed by atoms with van der Waals surface area (Å²) in [5.41, 5.74) is 6.18. The van der Waals surface area contributed by atoms with E-state index in [1.165, 1.54) is 0 Å². The Morgan fingerprint density at radius 1 is 1.02 bits per heavy atom. The second-order valence-electron chi connectivity index (χ2n) is 12.3. The standard InChI is InChI=1S/C35H39BBrN2O6/c1-8-43-31(40)20-39-28-12-10-21(36-7)16-25(28)34(3,4)30(39)19-24-32(41)23(33(24)42)18-29-35(5,6)26-17-22(37)11-13-27(26)38(29)14-15-45-44-9-2/h10-13,16-19H,8-9,14-15,20H2,1-7H3/p+1. The van der Waals surface area contributed by atoms with Gasteiger partial charge in [-0.05, 0) is 57.5 Å². The van der Waals surface area contributed by atoms with Crippen LogP contribution in [0.25, 0.3) is 0 Å². The number of benzene rings is 2. The topological polar surface area (TPSA) is 88.3 Å². The van der Waals surface area contributed by atoms with Gasteiger partial charge in [0.25, 0.3) is 0 Å². The molecule has 235 valence electrons. The van der Waals surface area contributed by atoms with Gasteiger partial charge in [-0.15, -0.1) is 0 Å². The maximum atomic E-state index is 13.8. The molecule has 0 fully saturated rings. The van der Waals surface area contributed by atoms with Crippen molar-refractivity contribution in [3.63, 3.8) is 0 Å². The van der Waals surface area contributed by atoms with Crippen LogP contribution >= 0.6 is 15.9 Å². The summed E-state index contributed by atoms with van der Waals surface area (Å²) in [5, 5.41) is 11.4. The van der Waals surface area contributed by atoms with E-state index in [2.05, 4.69) is 60.7 Å². The Kier molecular flexibility index (Phi) is 9.31. The number of nitrogens with zero attached hydrogens (tertiary/aromatic N) is 2. The molecule has 0 spiro atoms. The first-order chi connectivity index (χ1) is 21.4. The van der Waals surface area contributed by atoms with Crippen LogP contribution in [-0.2, 0) is 34.9 Å². The van der Waals surface area contributed by atoms with E-state index in [1.807, 2.05) is 49.9 Å². The molecule has 0 bridgehead atoms. The second-order valence-corrected chi connectivity index (χ2v) is 13.2. The normalized spacial score (nSPS) is 19.7. The number of aliphatic hydroxyl groups is 1. The summed E-state index contributed by atoms with van der Waals surface area (Å²) in [6.45, 7) is 15.5. The highest BCUT2D eigenvalue weighted by Crippen LogP contribution is 2.50. The minimum absolute atomic E-state index is 0.00503. The lowest BCUT2D eigenvalue weighted by molar-refractivity contribution is -0.428. The molecule has 2 aliphatic heterocycles. The predicted octanol–water partition coefficient (Wildman–Crippen LogP) is 5.74. The first-order valence-electron chi connectivity index (χ1n) is 15.3. The van der Waals surface area contributed by atoms with Gasteiger partial charge in [-0.3, -0.25) is 4.79 Å². The SMILES string of the molecule is C[B]c1ccc2c(c1)C(C)(C)C(C=C1C(=O)C(C=C3N(CCOOCC)c4ccc(Br)cc4C3(C)C)=C1O)=[N+]2CC(=O)OCC. The number of fused-ring (bicyclic) bond motifs is 2.